The molecule has 0 fully saturated rings. The van der Waals surface area contributed by atoms with Crippen LogP contribution < -0.4 is 0 Å². The van der Waals surface area contributed by atoms with Crippen molar-refractivity contribution in [2.24, 2.45) is 4.99 Å². The molecule has 0 saturated carbocycles. The summed E-state index contributed by atoms with van der Waals surface area (Å²) in [5.41, 5.74) is 7.62. The van der Waals surface area contributed by atoms with Gasteiger partial charge in [0.05, 0.1) is 5.71 Å². The lowest BCUT2D eigenvalue weighted by Gasteiger charge is -2.31. The van der Waals surface area contributed by atoms with Crippen LogP contribution in [0.15, 0.2) is 64.6 Å². The lowest BCUT2D eigenvalue weighted by molar-refractivity contribution is 0.189. The fourth-order valence-electron chi connectivity index (χ4n) is 4.14. The average molecular weight is 399 g/mol. The second-order valence-electron chi connectivity index (χ2n) is 7.85. The van der Waals surface area contributed by atoms with Crippen LogP contribution in [0, 0.1) is 0 Å². The van der Waals surface area contributed by atoms with E-state index in [2.05, 4.69) is 73.3 Å². The van der Waals surface area contributed by atoms with Crippen LogP contribution >= 0.6 is 11.6 Å². The first kappa shape index (κ1) is 20.7. The maximum Gasteiger partial charge on any atom is 0.129 e. The first-order chi connectivity index (χ1) is 13.3. The molecule has 2 aliphatic rings. The highest BCUT2D eigenvalue weighted by Crippen LogP contribution is 2.42. The van der Waals surface area contributed by atoms with E-state index in [1.807, 2.05) is 12.1 Å². The van der Waals surface area contributed by atoms with Crippen molar-refractivity contribution >= 4 is 17.3 Å². The molecule has 4 nitrogen and oxygen atoms in total. The number of hydrogen-bond donors (Lipinski definition) is 0. The monoisotopic (exact) mass is 398 g/mol. The predicted molar refractivity (Wildman–Crippen MR) is 119 cm³/mol. The Balaban J connectivity index is 1.81. The van der Waals surface area contributed by atoms with Crippen LogP contribution in [0.1, 0.15) is 38.9 Å². The van der Waals surface area contributed by atoms with Gasteiger partial charge in [-0.1, -0.05) is 42.0 Å². The van der Waals surface area contributed by atoms with Crippen molar-refractivity contribution in [3.8, 4) is 0 Å². The molecule has 2 aliphatic heterocycles. The van der Waals surface area contributed by atoms with Gasteiger partial charge in [-0.2, -0.15) is 0 Å². The number of benzene rings is 1. The topological polar surface area (TPSA) is 22.1 Å². The second-order valence-corrected chi connectivity index (χ2v) is 8.26. The molecular weight excluding hydrogens is 368 g/mol. The first-order valence-corrected chi connectivity index (χ1v) is 10.2. The number of rotatable bonds is 5. The van der Waals surface area contributed by atoms with Crippen LogP contribution in [0.25, 0.3) is 0 Å². The van der Waals surface area contributed by atoms with E-state index in [1.54, 1.807) is 6.20 Å². The molecule has 150 valence electrons. The van der Waals surface area contributed by atoms with Gasteiger partial charge in [-0.3, -0.25) is 9.89 Å². The lowest BCUT2D eigenvalue weighted by Crippen LogP contribution is -2.38. The smallest absolute Gasteiger partial charge is 0.129 e. The molecule has 1 aromatic carbocycles. The zero-order chi connectivity index (χ0) is 20.4. The van der Waals surface area contributed by atoms with Crippen molar-refractivity contribution in [3.05, 3.63) is 70.2 Å². The normalized spacial score (nSPS) is 20.5. The van der Waals surface area contributed by atoms with Gasteiger partial charge in [-0.05, 0) is 32.4 Å². The van der Waals surface area contributed by atoms with E-state index in [0.29, 0.717) is 0 Å². The molecule has 1 atom stereocenters. The van der Waals surface area contributed by atoms with E-state index in [4.69, 9.17) is 11.6 Å². The molecule has 0 spiro atoms. The van der Waals surface area contributed by atoms with Crippen LogP contribution in [0.3, 0.4) is 0 Å². The summed E-state index contributed by atoms with van der Waals surface area (Å²) in [7, 11) is 4.36. The molecular formula is C23H31ClN4. The predicted octanol–water partition coefficient (Wildman–Crippen LogP) is 5.07. The Bertz CT molecular complexity index is 848. The van der Waals surface area contributed by atoms with E-state index in [1.165, 1.54) is 22.5 Å². The third kappa shape index (κ3) is 3.89. The third-order valence-corrected chi connectivity index (χ3v) is 6.29. The van der Waals surface area contributed by atoms with E-state index in [0.717, 1.165) is 42.4 Å². The third-order valence-electron chi connectivity index (χ3n) is 5.94. The van der Waals surface area contributed by atoms with Gasteiger partial charge in [-0.15, -0.1) is 0 Å². The number of halogens is 1. The molecule has 28 heavy (non-hydrogen) atoms. The molecule has 5 heteroatoms. The van der Waals surface area contributed by atoms with Crippen molar-refractivity contribution in [1.82, 2.24) is 14.7 Å². The van der Waals surface area contributed by atoms with Gasteiger partial charge in [-0.25, -0.2) is 0 Å². The molecule has 0 bridgehead atoms. The number of hydrogen-bond acceptors (Lipinski definition) is 4. The Hall–Kier alpha value is -2.04. The maximum absolute atomic E-state index is 6.52. The van der Waals surface area contributed by atoms with Crippen molar-refractivity contribution in [2.75, 3.05) is 33.7 Å². The van der Waals surface area contributed by atoms with Gasteiger partial charge < -0.3 is 9.80 Å². The first-order valence-electron chi connectivity index (χ1n) is 9.81. The molecule has 0 N–H and O–H groups in total. The van der Waals surface area contributed by atoms with Gasteiger partial charge in [0.2, 0.25) is 0 Å². The van der Waals surface area contributed by atoms with Gasteiger partial charge >= 0.3 is 0 Å². The molecule has 1 unspecified atom stereocenters. The Morgan fingerprint density at radius 3 is 2.50 bits per heavy atom. The molecule has 0 saturated heterocycles. The van der Waals surface area contributed by atoms with Crippen LogP contribution in [0.2, 0.25) is 5.02 Å². The molecule has 2 heterocycles. The summed E-state index contributed by atoms with van der Waals surface area (Å²) in [6.45, 7) is 13.0. The molecule has 1 aromatic rings. The highest BCUT2D eigenvalue weighted by atomic mass is 35.5. The molecule has 0 radical (unpaired) electrons. The Morgan fingerprint density at radius 2 is 1.86 bits per heavy atom. The molecule has 0 amide bonds. The quantitative estimate of drug-likeness (QED) is 0.646. The van der Waals surface area contributed by atoms with Gasteiger partial charge in [0.1, 0.15) is 6.17 Å². The van der Waals surface area contributed by atoms with Crippen molar-refractivity contribution in [3.63, 3.8) is 0 Å². The highest BCUT2D eigenvalue weighted by Gasteiger charge is 2.38. The van der Waals surface area contributed by atoms with Gasteiger partial charge in [0.25, 0.3) is 0 Å². The minimum Gasteiger partial charge on any atom is -0.352 e. The zero-order valence-corrected chi connectivity index (χ0v) is 18.4. The number of aliphatic imine (C=N–C) groups is 1. The van der Waals surface area contributed by atoms with E-state index in [9.17, 15) is 0 Å². The summed E-state index contributed by atoms with van der Waals surface area (Å²) in [5, 5.41) is 0.822. The summed E-state index contributed by atoms with van der Waals surface area (Å²) in [6, 6.07) is 8.15. The number of allylic oxidation sites excluding steroid dienone is 1. The molecule has 3 rings (SSSR count). The fourth-order valence-corrected chi connectivity index (χ4v) is 4.38. The van der Waals surface area contributed by atoms with Crippen molar-refractivity contribution in [2.45, 2.75) is 33.4 Å². The van der Waals surface area contributed by atoms with Crippen molar-refractivity contribution < 1.29 is 0 Å². The summed E-state index contributed by atoms with van der Waals surface area (Å²) in [6.07, 6.45) is 2.84. The van der Waals surface area contributed by atoms with Crippen LogP contribution in [0.5, 0.6) is 0 Å². The lowest BCUT2D eigenvalue weighted by atomic mass is 10.1. The highest BCUT2D eigenvalue weighted by molar-refractivity contribution is 6.31. The fraction of sp³-hybridized carbons (Fsp3) is 0.435. The van der Waals surface area contributed by atoms with Crippen LogP contribution in [0.4, 0.5) is 0 Å². The van der Waals surface area contributed by atoms with E-state index < -0.39 is 0 Å². The van der Waals surface area contributed by atoms with E-state index >= 15 is 0 Å². The summed E-state index contributed by atoms with van der Waals surface area (Å²) in [4.78, 5) is 11.8. The van der Waals surface area contributed by atoms with Crippen LogP contribution in [-0.2, 0) is 0 Å². The zero-order valence-electron chi connectivity index (χ0n) is 17.7. The average Bonchev–Trinajstić information content (AvgIpc) is 2.91. The summed E-state index contributed by atoms with van der Waals surface area (Å²) in [5.74, 6) is 0. The second kappa shape index (κ2) is 8.54. The minimum absolute atomic E-state index is 0.152. The standard InChI is InChI=1S/C23H31ClN4/c1-7-25-20(17(4)16(2)3)14-28-13-12-21-22(15-28)27(6)23(26(21)5)18-10-8-9-11-19(18)24/h7-11,23H,1,12-15H2,2-6H3. The molecule has 0 aromatic heterocycles. The number of likely N-dealkylation sites (N-methyl/N-ethyl adjacent to an activating group) is 1. The summed E-state index contributed by atoms with van der Waals surface area (Å²) < 4.78 is 0. The van der Waals surface area contributed by atoms with Crippen molar-refractivity contribution in [1.29, 1.82) is 0 Å². The van der Waals surface area contributed by atoms with Crippen LogP contribution in [-0.4, -0.2) is 54.1 Å². The van der Waals surface area contributed by atoms with E-state index in [-0.39, 0.29) is 6.17 Å². The SMILES string of the molecule is C=CN=C(CN1CCC2=C(C1)N(C)C(c1ccccc1Cl)N2C)C(C)=C(C)C. The van der Waals surface area contributed by atoms with Gasteiger partial charge in [0, 0.05) is 68.3 Å². The Morgan fingerprint density at radius 1 is 1.18 bits per heavy atom. The Kier molecular flexibility index (Phi) is 6.31. The molecule has 0 aliphatic carbocycles. The van der Waals surface area contributed by atoms with Gasteiger partial charge in [0.15, 0.2) is 0 Å². The number of nitrogens with zero attached hydrogens (tertiary/aromatic N) is 4. The Labute approximate surface area is 174 Å². The summed E-state index contributed by atoms with van der Waals surface area (Å²) >= 11 is 6.52. The maximum atomic E-state index is 6.52. The minimum atomic E-state index is 0.152. The largest absolute Gasteiger partial charge is 0.352 e.